The summed E-state index contributed by atoms with van der Waals surface area (Å²) < 4.78 is 18.2. The molecule has 2 aromatic rings. The Hall–Kier alpha value is -2.60. The number of aliphatic carboxylic acids is 1. The number of carbonyl (C=O) groups excluding carboxylic acids is 1. The van der Waals surface area contributed by atoms with Crippen molar-refractivity contribution < 1.29 is 23.8 Å². The number of carbonyl (C=O) groups is 2. The lowest BCUT2D eigenvalue weighted by atomic mass is 10.0. The van der Waals surface area contributed by atoms with Crippen molar-refractivity contribution in [3.05, 3.63) is 70.5 Å². The molecule has 2 aromatic carbocycles. The number of carboxylic acid groups (broad SMARTS) is 1. The number of alkyl carbamates (subject to hydrolysis) is 1. The zero-order valence-electron chi connectivity index (χ0n) is 12.5. The minimum Gasteiger partial charge on any atom is -0.481 e. The molecule has 0 aliphatic heterocycles. The van der Waals surface area contributed by atoms with E-state index in [0.717, 1.165) is 17.7 Å². The summed E-state index contributed by atoms with van der Waals surface area (Å²) >= 11 is 5.94. The monoisotopic (exact) mass is 351 g/mol. The van der Waals surface area contributed by atoms with E-state index in [9.17, 15) is 14.0 Å². The summed E-state index contributed by atoms with van der Waals surface area (Å²) in [6, 6.07) is 11.6. The normalized spacial score (nSPS) is 11.6. The maximum atomic E-state index is 13.1. The molecule has 1 atom stereocenters. The number of benzene rings is 2. The molecule has 0 aromatic heterocycles. The highest BCUT2D eigenvalue weighted by atomic mass is 35.5. The van der Waals surface area contributed by atoms with Crippen LogP contribution in [0.1, 0.15) is 23.6 Å². The zero-order chi connectivity index (χ0) is 17.5. The summed E-state index contributed by atoms with van der Waals surface area (Å²) in [5, 5.41) is 11.5. The largest absolute Gasteiger partial charge is 0.481 e. The van der Waals surface area contributed by atoms with E-state index < -0.39 is 30.3 Å². The van der Waals surface area contributed by atoms with Crippen LogP contribution in [0.4, 0.5) is 9.18 Å². The van der Waals surface area contributed by atoms with Crippen molar-refractivity contribution in [2.24, 2.45) is 0 Å². The van der Waals surface area contributed by atoms with Gasteiger partial charge in [0, 0.05) is 5.02 Å². The second-order valence-electron chi connectivity index (χ2n) is 5.02. The quantitative estimate of drug-likeness (QED) is 0.827. The fraction of sp³-hybridized carbons (Fsp3) is 0.176. The third kappa shape index (κ3) is 5.24. The van der Waals surface area contributed by atoms with E-state index in [4.69, 9.17) is 21.4 Å². The van der Waals surface area contributed by atoms with Crippen molar-refractivity contribution in [1.29, 1.82) is 0 Å². The molecule has 0 heterocycles. The maximum Gasteiger partial charge on any atom is 0.407 e. The Morgan fingerprint density at radius 1 is 1.21 bits per heavy atom. The van der Waals surface area contributed by atoms with Gasteiger partial charge in [0.25, 0.3) is 0 Å². The highest BCUT2D eigenvalue weighted by molar-refractivity contribution is 6.31. The van der Waals surface area contributed by atoms with Crippen LogP contribution < -0.4 is 5.32 Å². The van der Waals surface area contributed by atoms with Crippen LogP contribution in [0, 0.1) is 5.82 Å². The lowest BCUT2D eigenvalue weighted by molar-refractivity contribution is -0.137. The van der Waals surface area contributed by atoms with E-state index in [1.807, 2.05) is 18.2 Å². The van der Waals surface area contributed by atoms with Crippen molar-refractivity contribution in [1.82, 2.24) is 5.32 Å². The Kier molecular flexibility index (Phi) is 6.14. The molecule has 0 bridgehead atoms. The lowest BCUT2D eigenvalue weighted by Gasteiger charge is -2.18. The Labute approximate surface area is 143 Å². The topological polar surface area (TPSA) is 75.6 Å². The second-order valence-corrected chi connectivity index (χ2v) is 5.43. The van der Waals surface area contributed by atoms with Gasteiger partial charge in [-0.15, -0.1) is 0 Å². The van der Waals surface area contributed by atoms with Crippen molar-refractivity contribution in [3.63, 3.8) is 0 Å². The summed E-state index contributed by atoms with van der Waals surface area (Å²) in [5.74, 6) is -1.69. The van der Waals surface area contributed by atoms with E-state index in [1.165, 1.54) is 6.07 Å². The predicted molar refractivity (Wildman–Crippen MR) is 86.2 cm³/mol. The number of carboxylic acids is 1. The lowest BCUT2D eigenvalue weighted by Crippen LogP contribution is -2.30. The van der Waals surface area contributed by atoms with Crippen LogP contribution in [0.3, 0.4) is 0 Å². The molecule has 5 nitrogen and oxygen atoms in total. The van der Waals surface area contributed by atoms with Crippen molar-refractivity contribution in [3.8, 4) is 0 Å². The van der Waals surface area contributed by atoms with Gasteiger partial charge in [-0.25, -0.2) is 9.18 Å². The van der Waals surface area contributed by atoms with E-state index in [0.29, 0.717) is 5.56 Å². The average molecular weight is 352 g/mol. The molecule has 7 heteroatoms. The Balaban J connectivity index is 2.05. The van der Waals surface area contributed by atoms with Gasteiger partial charge in [-0.1, -0.05) is 48.0 Å². The summed E-state index contributed by atoms with van der Waals surface area (Å²) in [5.41, 5.74) is 1.10. The van der Waals surface area contributed by atoms with E-state index in [1.54, 1.807) is 12.1 Å². The molecule has 24 heavy (non-hydrogen) atoms. The number of ether oxygens (including phenoxy) is 1. The number of nitrogens with one attached hydrogen (secondary N) is 1. The van der Waals surface area contributed by atoms with Crippen LogP contribution in [0.5, 0.6) is 0 Å². The molecule has 0 aliphatic rings. The van der Waals surface area contributed by atoms with Crippen LogP contribution in [0.25, 0.3) is 0 Å². The molecule has 0 saturated heterocycles. The molecule has 1 amide bonds. The first-order valence-electron chi connectivity index (χ1n) is 7.09. The van der Waals surface area contributed by atoms with Crippen molar-refractivity contribution >= 4 is 23.7 Å². The fourth-order valence-corrected chi connectivity index (χ4v) is 2.40. The van der Waals surface area contributed by atoms with Crippen molar-refractivity contribution in [2.45, 2.75) is 19.1 Å². The van der Waals surface area contributed by atoms with Gasteiger partial charge in [0.05, 0.1) is 12.5 Å². The van der Waals surface area contributed by atoms with E-state index >= 15 is 0 Å². The van der Waals surface area contributed by atoms with Gasteiger partial charge in [0.1, 0.15) is 12.4 Å². The molecule has 0 spiro atoms. The molecule has 2 rings (SSSR count). The van der Waals surface area contributed by atoms with Crippen LogP contribution >= 0.6 is 11.6 Å². The highest BCUT2D eigenvalue weighted by Gasteiger charge is 2.21. The van der Waals surface area contributed by atoms with Gasteiger partial charge in [-0.3, -0.25) is 4.79 Å². The number of hydrogen-bond donors (Lipinski definition) is 2. The van der Waals surface area contributed by atoms with E-state index in [-0.39, 0.29) is 11.6 Å². The fourth-order valence-electron chi connectivity index (χ4n) is 2.10. The molecular weight excluding hydrogens is 337 g/mol. The Bertz CT molecular complexity index is 724. The molecular formula is C17H15ClFNO4. The summed E-state index contributed by atoms with van der Waals surface area (Å²) in [7, 11) is 0. The van der Waals surface area contributed by atoms with Gasteiger partial charge in [0.15, 0.2) is 0 Å². The molecule has 2 N–H and O–H groups in total. The first-order valence-corrected chi connectivity index (χ1v) is 7.47. The van der Waals surface area contributed by atoms with Crippen LogP contribution in [0.2, 0.25) is 5.02 Å². The first kappa shape index (κ1) is 17.7. The van der Waals surface area contributed by atoms with Crippen LogP contribution in [-0.4, -0.2) is 17.2 Å². The molecule has 0 aliphatic carbocycles. The minimum absolute atomic E-state index is 0.0320. The SMILES string of the molecule is O=C(O)CC(NC(=O)OCc1ccccc1)c1ccc(F)cc1Cl. The summed E-state index contributed by atoms with van der Waals surface area (Å²) in [4.78, 5) is 22.9. The molecule has 0 fully saturated rings. The molecule has 0 saturated carbocycles. The third-order valence-electron chi connectivity index (χ3n) is 3.22. The van der Waals surface area contributed by atoms with Gasteiger partial charge in [-0.2, -0.15) is 0 Å². The number of amides is 1. The van der Waals surface area contributed by atoms with Gasteiger partial charge in [0.2, 0.25) is 0 Å². The van der Waals surface area contributed by atoms with Crippen LogP contribution in [-0.2, 0) is 16.1 Å². The molecule has 0 radical (unpaired) electrons. The average Bonchev–Trinajstić information content (AvgIpc) is 2.53. The summed E-state index contributed by atoms with van der Waals surface area (Å²) in [6.07, 6.45) is -1.20. The minimum atomic E-state index is -1.14. The highest BCUT2D eigenvalue weighted by Crippen LogP contribution is 2.26. The standard InChI is InChI=1S/C17H15ClFNO4/c18-14-8-12(19)6-7-13(14)15(9-16(21)22)20-17(23)24-10-11-4-2-1-3-5-11/h1-8,15H,9-10H2,(H,20,23)(H,21,22). The van der Waals surface area contributed by atoms with Gasteiger partial charge in [-0.05, 0) is 23.3 Å². The maximum absolute atomic E-state index is 13.1. The second kappa shape index (κ2) is 8.31. The van der Waals surface area contributed by atoms with Crippen LogP contribution in [0.15, 0.2) is 48.5 Å². The Morgan fingerprint density at radius 2 is 1.92 bits per heavy atom. The number of rotatable bonds is 6. The summed E-state index contributed by atoms with van der Waals surface area (Å²) in [6.45, 7) is 0.0453. The molecule has 1 unspecified atom stereocenters. The number of hydrogen-bond acceptors (Lipinski definition) is 3. The van der Waals surface area contributed by atoms with E-state index in [2.05, 4.69) is 5.32 Å². The first-order chi connectivity index (χ1) is 11.5. The zero-order valence-corrected chi connectivity index (χ0v) is 13.3. The molecule has 126 valence electrons. The Morgan fingerprint density at radius 3 is 2.54 bits per heavy atom. The van der Waals surface area contributed by atoms with Gasteiger partial charge < -0.3 is 15.2 Å². The van der Waals surface area contributed by atoms with Gasteiger partial charge >= 0.3 is 12.1 Å². The predicted octanol–water partition coefficient (Wildman–Crippen LogP) is 3.92. The van der Waals surface area contributed by atoms with Crippen molar-refractivity contribution in [2.75, 3.05) is 0 Å². The third-order valence-corrected chi connectivity index (χ3v) is 3.55. The number of halogens is 2. The smallest absolute Gasteiger partial charge is 0.407 e.